The highest BCUT2D eigenvalue weighted by Gasteiger charge is 2.42. The first kappa shape index (κ1) is 20.7. The van der Waals surface area contributed by atoms with Crippen LogP contribution in [-0.4, -0.2) is 72.8 Å². The van der Waals surface area contributed by atoms with Crippen molar-refractivity contribution in [2.45, 2.75) is 47.6 Å². The van der Waals surface area contributed by atoms with Crippen molar-refractivity contribution in [2.24, 2.45) is 0 Å². The van der Waals surface area contributed by atoms with Crippen molar-refractivity contribution in [3.63, 3.8) is 0 Å². The van der Waals surface area contributed by atoms with Gasteiger partial charge < -0.3 is 10.2 Å². The molecule has 0 spiro atoms. The normalized spacial score (nSPS) is 24.4. The summed E-state index contributed by atoms with van der Waals surface area (Å²) < 4.78 is 53.2. The summed E-state index contributed by atoms with van der Waals surface area (Å²) in [5.41, 5.74) is 0. The zero-order valence-electron chi connectivity index (χ0n) is 14.8. The topological polar surface area (TPSA) is 149 Å². The molecule has 3 rings (SSSR count). The summed E-state index contributed by atoms with van der Waals surface area (Å²) >= 11 is 0. The molecule has 2 N–H and O–H groups in total. The van der Waals surface area contributed by atoms with Gasteiger partial charge in [-0.2, -0.15) is 8.61 Å². The van der Waals surface area contributed by atoms with Crippen molar-refractivity contribution in [3.8, 4) is 0 Å². The molecule has 2 heterocycles. The van der Waals surface area contributed by atoms with Gasteiger partial charge in [-0.05, 0) is 43.9 Å². The molecular formula is C16H20N2O8S2. The molecule has 2 aliphatic rings. The zero-order valence-corrected chi connectivity index (χ0v) is 16.4. The van der Waals surface area contributed by atoms with E-state index in [9.17, 15) is 36.6 Å². The standard InChI is InChI=1S/C16H20N2O8S2/c19-15(20)13-6-2-8-17(13)27(23,24)11-4-1-5-12(10-11)28(25,26)18-9-3-7-14(18)16(21)22/h1,4-5,10,13-14H,2-3,6-9H2,(H,19,20)(H,21,22)/t13-,14-/m0/s1. The lowest BCUT2D eigenvalue weighted by molar-refractivity contribution is -0.141. The second-order valence-electron chi connectivity index (χ2n) is 6.70. The fraction of sp³-hybridized carbons (Fsp3) is 0.500. The predicted octanol–water partition coefficient (Wildman–Crippen LogP) is 0.162. The summed E-state index contributed by atoms with van der Waals surface area (Å²) in [7, 11) is -8.43. The van der Waals surface area contributed by atoms with Crippen LogP contribution in [0.4, 0.5) is 0 Å². The van der Waals surface area contributed by atoms with Crippen molar-refractivity contribution in [2.75, 3.05) is 13.1 Å². The van der Waals surface area contributed by atoms with Crippen molar-refractivity contribution in [1.82, 2.24) is 8.61 Å². The number of rotatable bonds is 6. The largest absolute Gasteiger partial charge is 0.480 e. The molecule has 1 aromatic rings. The fourth-order valence-electron chi connectivity index (χ4n) is 3.62. The average molecular weight is 432 g/mol. The molecule has 28 heavy (non-hydrogen) atoms. The minimum atomic E-state index is -4.22. The maximum absolute atomic E-state index is 12.9. The monoisotopic (exact) mass is 432 g/mol. The Hall–Kier alpha value is -2.02. The number of hydrogen-bond acceptors (Lipinski definition) is 6. The molecule has 10 nitrogen and oxygen atoms in total. The quantitative estimate of drug-likeness (QED) is 0.646. The van der Waals surface area contributed by atoms with Crippen molar-refractivity contribution < 1.29 is 36.6 Å². The molecule has 0 aliphatic carbocycles. The van der Waals surface area contributed by atoms with Crippen LogP contribution in [0, 0.1) is 0 Å². The molecule has 12 heteroatoms. The van der Waals surface area contributed by atoms with Gasteiger partial charge in [-0.3, -0.25) is 9.59 Å². The molecule has 0 radical (unpaired) electrons. The molecule has 0 aromatic heterocycles. The van der Waals surface area contributed by atoms with E-state index in [4.69, 9.17) is 0 Å². The first-order chi connectivity index (χ1) is 13.1. The smallest absolute Gasteiger partial charge is 0.322 e. The van der Waals surface area contributed by atoms with Crippen LogP contribution >= 0.6 is 0 Å². The van der Waals surface area contributed by atoms with Gasteiger partial charge in [0.15, 0.2) is 0 Å². The molecule has 2 saturated heterocycles. The summed E-state index contributed by atoms with van der Waals surface area (Å²) in [6, 6.07) is 2.21. The van der Waals surface area contributed by atoms with E-state index in [1.165, 1.54) is 18.2 Å². The van der Waals surface area contributed by atoms with Crippen molar-refractivity contribution >= 4 is 32.0 Å². The van der Waals surface area contributed by atoms with E-state index >= 15 is 0 Å². The Bertz CT molecular complexity index is 928. The van der Waals surface area contributed by atoms with E-state index in [1.807, 2.05) is 0 Å². The van der Waals surface area contributed by atoms with Gasteiger partial charge in [0.05, 0.1) is 9.79 Å². The Morgan fingerprint density at radius 2 is 1.21 bits per heavy atom. The lowest BCUT2D eigenvalue weighted by atomic mass is 10.2. The number of carboxylic acids is 2. The molecule has 154 valence electrons. The Balaban J connectivity index is 1.98. The summed E-state index contributed by atoms with van der Waals surface area (Å²) in [5.74, 6) is -2.52. The lowest BCUT2D eigenvalue weighted by Crippen LogP contribution is -2.41. The molecule has 0 saturated carbocycles. The Morgan fingerprint density at radius 3 is 1.57 bits per heavy atom. The summed E-state index contributed by atoms with van der Waals surface area (Å²) in [5, 5.41) is 18.5. The van der Waals surface area contributed by atoms with E-state index in [2.05, 4.69) is 0 Å². The highest BCUT2D eigenvalue weighted by Crippen LogP contribution is 2.30. The van der Waals surface area contributed by atoms with Crippen LogP contribution in [0.2, 0.25) is 0 Å². The average Bonchev–Trinajstić information content (AvgIpc) is 3.31. The van der Waals surface area contributed by atoms with Gasteiger partial charge in [0, 0.05) is 13.1 Å². The van der Waals surface area contributed by atoms with E-state index in [1.54, 1.807) is 0 Å². The minimum absolute atomic E-state index is 0.0312. The van der Waals surface area contributed by atoms with Crippen LogP contribution in [0.1, 0.15) is 25.7 Å². The van der Waals surface area contributed by atoms with Gasteiger partial charge in [-0.1, -0.05) is 6.07 Å². The fourth-order valence-corrected chi connectivity index (χ4v) is 7.08. The third-order valence-corrected chi connectivity index (χ3v) is 8.80. The number of benzene rings is 1. The second-order valence-corrected chi connectivity index (χ2v) is 10.5. The van der Waals surface area contributed by atoms with Crippen molar-refractivity contribution in [1.29, 1.82) is 0 Å². The molecule has 2 fully saturated rings. The third-order valence-electron chi connectivity index (χ3n) is 5.00. The van der Waals surface area contributed by atoms with E-state index < -0.39 is 44.1 Å². The molecule has 0 unspecified atom stereocenters. The maximum Gasteiger partial charge on any atom is 0.322 e. The van der Waals surface area contributed by atoms with Crippen LogP contribution in [0.15, 0.2) is 34.1 Å². The Kier molecular flexibility index (Phi) is 5.49. The van der Waals surface area contributed by atoms with Crippen LogP contribution in [-0.2, 0) is 29.6 Å². The van der Waals surface area contributed by atoms with Gasteiger partial charge >= 0.3 is 11.9 Å². The number of carboxylic acid groups (broad SMARTS) is 2. The predicted molar refractivity (Wildman–Crippen MR) is 95.5 cm³/mol. The number of aliphatic carboxylic acids is 2. The van der Waals surface area contributed by atoms with Gasteiger partial charge in [-0.25, -0.2) is 16.8 Å². The van der Waals surface area contributed by atoms with E-state index in [0.29, 0.717) is 12.8 Å². The Labute approximate surface area is 162 Å². The zero-order chi connectivity index (χ0) is 20.7. The molecule has 1 aromatic carbocycles. The summed E-state index contributed by atoms with van der Waals surface area (Å²) in [4.78, 5) is 22.0. The lowest BCUT2D eigenvalue weighted by Gasteiger charge is -2.23. The molecular weight excluding hydrogens is 412 g/mol. The SMILES string of the molecule is O=C(O)[C@@H]1CCCN1S(=O)(=O)c1cccc(S(=O)(=O)N2CCC[C@H]2C(=O)O)c1. The van der Waals surface area contributed by atoms with Gasteiger partial charge in [0.1, 0.15) is 12.1 Å². The number of hydrogen-bond donors (Lipinski definition) is 2. The van der Waals surface area contributed by atoms with Gasteiger partial charge in [-0.15, -0.1) is 0 Å². The van der Waals surface area contributed by atoms with E-state index in [0.717, 1.165) is 14.7 Å². The van der Waals surface area contributed by atoms with Crippen LogP contribution < -0.4 is 0 Å². The van der Waals surface area contributed by atoms with E-state index in [-0.39, 0.29) is 35.7 Å². The Morgan fingerprint density at radius 1 is 0.821 bits per heavy atom. The first-order valence-electron chi connectivity index (χ1n) is 8.66. The highest BCUT2D eigenvalue weighted by molar-refractivity contribution is 7.90. The van der Waals surface area contributed by atoms with Crippen LogP contribution in [0.5, 0.6) is 0 Å². The van der Waals surface area contributed by atoms with Crippen molar-refractivity contribution in [3.05, 3.63) is 24.3 Å². The first-order valence-corrected chi connectivity index (χ1v) is 11.5. The number of sulfonamides is 2. The molecule has 0 amide bonds. The maximum atomic E-state index is 12.9. The minimum Gasteiger partial charge on any atom is -0.480 e. The molecule has 0 bridgehead atoms. The van der Waals surface area contributed by atoms with Gasteiger partial charge in [0.2, 0.25) is 20.0 Å². The van der Waals surface area contributed by atoms with Gasteiger partial charge in [0.25, 0.3) is 0 Å². The highest BCUT2D eigenvalue weighted by atomic mass is 32.2. The van der Waals surface area contributed by atoms with Crippen LogP contribution in [0.25, 0.3) is 0 Å². The summed E-state index contributed by atoms with van der Waals surface area (Å²) in [6.07, 6.45) is 1.14. The van der Waals surface area contributed by atoms with Crippen LogP contribution in [0.3, 0.4) is 0 Å². The molecule has 2 aliphatic heterocycles. The number of nitrogens with zero attached hydrogens (tertiary/aromatic N) is 2. The summed E-state index contributed by atoms with van der Waals surface area (Å²) in [6.45, 7) is 0.0625. The second kappa shape index (κ2) is 7.43. The number of carbonyl (C=O) groups is 2. The third kappa shape index (κ3) is 3.52. The molecule has 2 atom stereocenters.